The molecule has 0 amide bonds. The number of aryl methyl sites for hydroxylation is 1. The highest BCUT2D eigenvalue weighted by molar-refractivity contribution is 7.15. The molecule has 1 aliphatic rings. The lowest BCUT2D eigenvalue weighted by atomic mass is 10.1. The maximum absolute atomic E-state index is 11.8. The molecule has 2 rings (SSSR count). The third-order valence-electron chi connectivity index (χ3n) is 2.77. The van der Waals surface area contributed by atoms with E-state index in [1.807, 2.05) is 6.92 Å². The van der Waals surface area contributed by atoms with Crippen LogP contribution in [0.15, 0.2) is 0 Å². The zero-order valence-corrected chi connectivity index (χ0v) is 12.2. The van der Waals surface area contributed by atoms with Crippen molar-refractivity contribution in [3.8, 4) is 0 Å². The molecule has 0 aliphatic heterocycles. The van der Waals surface area contributed by atoms with Crippen LogP contribution in [-0.2, 0) is 16.0 Å². The summed E-state index contributed by atoms with van der Waals surface area (Å²) in [6, 6.07) is 0. The summed E-state index contributed by atoms with van der Waals surface area (Å²) in [7, 11) is 0. The molecule has 1 aromatic heterocycles. The molecule has 100 valence electrons. The van der Waals surface area contributed by atoms with Crippen molar-refractivity contribution in [1.82, 2.24) is 4.98 Å². The average molecular weight is 268 g/mol. The normalized spacial score (nSPS) is 18.6. The van der Waals surface area contributed by atoms with Gasteiger partial charge in [0.05, 0.1) is 12.3 Å². The molecule has 18 heavy (non-hydrogen) atoms. The van der Waals surface area contributed by atoms with Gasteiger partial charge in [0.25, 0.3) is 0 Å². The largest absolute Gasteiger partial charge is 0.465 e. The number of ether oxygens (including phenoxy) is 1. The number of nitrogens with zero attached hydrogens (tertiary/aromatic N) is 1. The topological polar surface area (TPSA) is 51.2 Å². The summed E-state index contributed by atoms with van der Waals surface area (Å²) in [5, 5.41) is 4.26. The minimum absolute atomic E-state index is 0.00891. The predicted molar refractivity (Wildman–Crippen MR) is 73.2 cm³/mol. The Labute approximate surface area is 112 Å². The first-order valence-corrected chi connectivity index (χ1v) is 7.17. The summed E-state index contributed by atoms with van der Waals surface area (Å²) in [4.78, 5) is 17.6. The van der Waals surface area contributed by atoms with Crippen LogP contribution in [0.25, 0.3) is 0 Å². The fourth-order valence-corrected chi connectivity index (χ4v) is 3.32. The fourth-order valence-electron chi connectivity index (χ4n) is 2.07. The molecule has 0 radical (unpaired) electrons. The van der Waals surface area contributed by atoms with Gasteiger partial charge in [-0.3, -0.25) is 4.79 Å². The first-order chi connectivity index (χ1) is 8.40. The number of hydrogen-bond acceptors (Lipinski definition) is 5. The van der Waals surface area contributed by atoms with E-state index in [2.05, 4.69) is 31.1 Å². The van der Waals surface area contributed by atoms with Crippen molar-refractivity contribution in [2.24, 2.45) is 0 Å². The van der Waals surface area contributed by atoms with E-state index in [1.54, 1.807) is 11.3 Å². The van der Waals surface area contributed by atoms with Crippen LogP contribution in [0.4, 0.5) is 5.13 Å². The van der Waals surface area contributed by atoms with Crippen LogP contribution in [-0.4, -0.2) is 23.1 Å². The molecule has 1 atom stereocenters. The third kappa shape index (κ3) is 2.83. The molecule has 1 unspecified atom stereocenters. The first-order valence-electron chi connectivity index (χ1n) is 6.35. The predicted octanol–water partition coefficient (Wildman–Crippen LogP) is 2.95. The third-order valence-corrected chi connectivity index (χ3v) is 3.82. The minimum Gasteiger partial charge on any atom is -0.465 e. The van der Waals surface area contributed by atoms with E-state index in [1.165, 1.54) is 4.88 Å². The fraction of sp³-hybridized carbons (Fsp3) is 0.692. The highest BCUT2D eigenvalue weighted by Gasteiger charge is 2.33. The molecule has 1 aliphatic carbocycles. The van der Waals surface area contributed by atoms with Crippen LogP contribution in [0.3, 0.4) is 0 Å². The van der Waals surface area contributed by atoms with Crippen molar-refractivity contribution < 1.29 is 9.53 Å². The molecule has 1 aromatic rings. The van der Waals surface area contributed by atoms with Gasteiger partial charge in [0.1, 0.15) is 5.92 Å². The second kappa shape index (κ2) is 4.88. The number of fused-ring (bicyclic) bond motifs is 1. The average Bonchev–Trinajstić information content (AvgIpc) is 2.73. The molecular weight excluding hydrogens is 248 g/mol. The number of carbonyl (C=O) groups is 1. The molecule has 4 nitrogen and oxygen atoms in total. The molecule has 0 aromatic carbocycles. The maximum Gasteiger partial charge on any atom is 0.315 e. The van der Waals surface area contributed by atoms with Gasteiger partial charge in [0.15, 0.2) is 5.13 Å². The van der Waals surface area contributed by atoms with Crippen LogP contribution in [0.2, 0.25) is 0 Å². The number of carbonyl (C=O) groups excluding carboxylic acids is 1. The zero-order valence-electron chi connectivity index (χ0n) is 11.4. The molecular formula is C13H20N2O2S. The summed E-state index contributed by atoms with van der Waals surface area (Å²) in [6.07, 6.45) is 1.77. The number of thiazole rings is 1. The van der Waals surface area contributed by atoms with Gasteiger partial charge < -0.3 is 10.1 Å². The van der Waals surface area contributed by atoms with Crippen molar-refractivity contribution in [1.29, 1.82) is 0 Å². The Morgan fingerprint density at radius 3 is 2.89 bits per heavy atom. The Kier molecular flexibility index (Phi) is 3.61. The summed E-state index contributed by atoms with van der Waals surface area (Å²) >= 11 is 1.66. The molecule has 1 N–H and O–H groups in total. The maximum atomic E-state index is 11.8. The van der Waals surface area contributed by atoms with Gasteiger partial charge >= 0.3 is 5.97 Å². The Balaban J connectivity index is 2.15. The van der Waals surface area contributed by atoms with Crippen LogP contribution in [0.5, 0.6) is 0 Å². The monoisotopic (exact) mass is 268 g/mol. The van der Waals surface area contributed by atoms with E-state index in [4.69, 9.17) is 4.74 Å². The highest BCUT2D eigenvalue weighted by atomic mass is 32.1. The van der Waals surface area contributed by atoms with Gasteiger partial charge in [-0.05, 0) is 40.5 Å². The van der Waals surface area contributed by atoms with Crippen LogP contribution < -0.4 is 5.32 Å². The minimum atomic E-state index is -0.160. The number of anilines is 1. The Morgan fingerprint density at radius 1 is 1.56 bits per heavy atom. The number of rotatable bonds is 3. The van der Waals surface area contributed by atoms with Crippen molar-refractivity contribution in [2.75, 3.05) is 11.9 Å². The van der Waals surface area contributed by atoms with Gasteiger partial charge in [-0.25, -0.2) is 4.98 Å². The van der Waals surface area contributed by atoms with Crippen molar-refractivity contribution in [3.63, 3.8) is 0 Å². The lowest BCUT2D eigenvalue weighted by Gasteiger charge is -2.19. The summed E-state index contributed by atoms with van der Waals surface area (Å²) in [6.45, 7) is 8.57. The number of hydrogen-bond donors (Lipinski definition) is 1. The van der Waals surface area contributed by atoms with Crippen LogP contribution in [0, 0.1) is 0 Å². The Bertz CT molecular complexity index is 448. The lowest BCUT2D eigenvalue weighted by molar-refractivity contribution is -0.145. The molecule has 0 bridgehead atoms. The molecule has 0 saturated heterocycles. The van der Waals surface area contributed by atoms with E-state index >= 15 is 0 Å². The number of aromatic nitrogens is 1. The van der Waals surface area contributed by atoms with Crippen molar-refractivity contribution in [2.45, 2.75) is 52.0 Å². The van der Waals surface area contributed by atoms with E-state index in [0.717, 1.165) is 23.7 Å². The SMILES string of the molecule is CCOC(=O)C1CCc2sc(NC(C)(C)C)nc21. The highest BCUT2D eigenvalue weighted by Crippen LogP contribution is 2.39. The molecule has 0 spiro atoms. The smallest absolute Gasteiger partial charge is 0.315 e. The molecule has 5 heteroatoms. The van der Waals surface area contributed by atoms with E-state index in [0.29, 0.717) is 6.61 Å². The standard InChI is InChI=1S/C13H20N2O2S/c1-5-17-11(16)8-6-7-9-10(8)14-12(18-9)15-13(2,3)4/h8H,5-7H2,1-4H3,(H,14,15). The number of nitrogens with one attached hydrogen (secondary N) is 1. The quantitative estimate of drug-likeness (QED) is 0.856. The summed E-state index contributed by atoms with van der Waals surface area (Å²) in [5.74, 6) is -0.296. The zero-order chi connectivity index (χ0) is 13.3. The van der Waals surface area contributed by atoms with Crippen LogP contribution in [0.1, 0.15) is 50.6 Å². The van der Waals surface area contributed by atoms with E-state index in [9.17, 15) is 4.79 Å². The Morgan fingerprint density at radius 2 is 2.28 bits per heavy atom. The van der Waals surface area contributed by atoms with E-state index in [-0.39, 0.29) is 17.4 Å². The number of esters is 1. The molecule has 0 saturated carbocycles. The second-order valence-electron chi connectivity index (χ2n) is 5.55. The first kappa shape index (κ1) is 13.3. The van der Waals surface area contributed by atoms with Crippen LogP contribution >= 0.6 is 11.3 Å². The summed E-state index contributed by atoms with van der Waals surface area (Å²) < 4.78 is 5.10. The van der Waals surface area contributed by atoms with Crippen molar-refractivity contribution >= 4 is 22.4 Å². The Hall–Kier alpha value is -1.10. The second-order valence-corrected chi connectivity index (χ2v) is 6.63. The van der Waals surface area contributed by atoms with Gasteiger partial charge in [0, 0.05) is 10.4 Å². The van der Waals surface area contributed by atoms with Gasteiger partial charge in [-0.1, -0.05) is 0 Å². The van der Waals surface area contributed by atoms with Gasteiger partial charge in [0.2, 0.25) is 0 Å². The van der Waals surface area contributed by atoms with E-state index < -0.39 is 0 Å². The molecule has 1 heterocycles. The lowest BCUT2D eigenvalue weighted by Crippen LogP contribution is -2.26. The molecule has 0 fully saturated rings. The van der Waals surface area contributed by atoms with Gasteiger partial charge in [-0.2, -0.15) is 0 Å². The van der Waals surface area contributed by atoms with Crippen molar-refractivity contribution in [3.05, 3.63) is 10.6 Å². The van der Waals surface area contributed by atoms with Gasteiger partial charge in [-0.15, -0.1) is 11.3 Å². The summed E-state index contributed by atoms with van der Waals surface area (Å²) in [5.41, 5.74) is 0.913.